The lowest BCUT2D eigenvalue weighted by atomic mass is 9.98. The highest BCUT2D eigenvalue weighted by atomic mass is 127. The number of likely N-dealkylation sites (tertiary alicyclic amines) is 1. The predicted octanol–water partition coefficient (Wildman–Crippen LogP) is 5.22. The number of methoxy groups -OCH3 is 2. The fraction of sp³-hybridized carbons (Fsp3) is 0.292. The van der Waals surface area contributed by atoms with Crippen molar-refractivity contribution in [2.24, 2.45) is 0 Å². The Hall–Kier alpha value is -2.59. The number of ether oxygens (including phenoxy) is 2. The molecule has 1 fully saturated rings. The minimum absolute atomic E-state index is 0.0441. The first kappa shape index (κ1) is 23.6. The van der Waals surface area contributed by atoms with Crippen LogP contribution < -0.4 is 12.6 Å². The fourth-order valence-electron chi connectivity index (χ4n) is 4.11. The van der Waals surface area contributed by atoms with Crippen LogP contribution in [0.2, 0.25) is 5.02 Å². The highest BCUT2D eigenvalue weighted by Gasteiger charge is 2.30. The van der Waals surface area contributed by atoms with Crippen LogP contribution >= 0.6 is 34.5 Å². The van der Waals surface area contributed by atoms with Gasteiger partial charge >= 0.3 is 0 Å². The number of nitrogens with zero attached hydrogens (tertiary/aromatic N) is 4. The van der Waals surface area contributed by atoms with Gasteiger partial charge in [-0.2, -0.15) is 0 Å². The summed E-state index contributed by atoms with van der Waals surface area (Å²) in [7, 11) is 3.21. The fourth-order valence-corrected chi connectivity index (χ4v) is 5.18. The Kier molecular flexibility index (Phi) is 6.94. The van der Waals surface area contributed by atoms with E-state index in [1.165, 1.54) is 6.08 Å². The number of carbonyl (C=O) groups excluding carboxylic acids is 1. The number of benzene rings is 2. The van der Waals surface area contributed by atoms with E-state index < -0.39 is 0 Å². The maximum Gasteiger partial charge on any atom is 0.246 e. The SMILES string of the molecule is C=CC(=O)N1CC[C@H](N(I)c2ncc3cc(-c4c(C)c(OC)cc(OC)c4Cl)ccc3n2)C1. The second-order valence-electron chi connectivity index (χ2n) is 7.78. The number of hydrogen-bond donors (Lipinski definition) is 0. The van der Waals surface area contributed by atoms with Gasteiger partial charge in [0, 0.05) is 41.9 Å². The molecule has 1 saturated heterocycles. The van der Waals surface area contributed by atoms with E-state index in [4.69, 9.17) is 26.1 Å². The molecule has 0 radical (unpaired) electrons. The largest absolute Gasteiger partial charge is 0.496 e. The lowest BCUT2D eigenvalue weighted by Crippen LogP contribution is -2.33. The summed E-state index contributed by atoms with van der Waals surface area (Å²) >= 11 is 8.89. The number of rotatable bonds is 6. The molecule has 0 unspecified atom stereocenters. The number of aromatic nitrogens is 2. The number of amides is 1. The lowest BCUT2D eigenvalue weighted by Gasteiger charge is -2.22. The second kappa shape index (κ2) is 9.72. The van der Waals surface area contributed by atoms with Crippen LogP contribution in [0.3, 0.4) is 0 Å². The van der Waals surface area contributed by atoms with Gasteiger partial charge in [-0.25, -0.2) is 9.97 Å². The zero-order valence-electron chi connectivity index (χ0n) is 18.6. The van der Waals surface area contributed by atoms with Crippen LogP contribution in [0.1, 0.15) is 12.0 Å². The summed E-state index contributed by atoms with van der Waals surface area (Å²) in [5, 5.41) is 1.43. The van der Waals surface area contributed by atoms with Crippen molar-refractivity contribution in [1.82, 2.24) is 14.9 Å². The third kappa shape index (κ3) is 4.46. The molecule has 1 aliphatic heterocycles. The molecule has 7 nitrogen and oxygen atoms in total. The van der Waals surface area contributed by atoms with Crippen molar-refractivity contribution >= 4 is 57.2 Å². The first-order valence-corrected chi connectivity index (χ1v) is 11.8. The molecule has 0 saturated carbocycles. The molecule has 0 aliphatic carbocycles. The minimum Gasteiger partial charge on any atom is -0.496 e. The van der Waals surface area contributed by atoms with Crippen LogP contribution in [-0.4, -0.2) is 54.1 Å². The van der Waals surface area contributed by atoms with Crippen molar-refractivity contribution in [2.45, 2.75) is 19.4 Å². The Morgan fingerprint density at radius 2 is 2.06 bits per heavy atom. The quantitative estimate of drug-likeness (QED) is 0.227. The van der Waals surface area contributed by atoms with Gasteiger partial charge in [0.2, 0.25) is 11.9 Å². The monoisotopic (exact) mass is 578 g/mol. The van der Waals surface area contributed by atoms with E-state index in [0.29, 0.717) is 35.6 Å². The average Bonchev–Trinajstić information content (AvgIpc) is 3.33. The number of carbonyl (C=O) groups is 1. The summed E-state index contributed by atoms with van der Waals surface area (Å²) in [6.45, 7) is 6.88. The van der Waals surface area contributed by atoms with Crippen LogP contribution in [0, 0.1) is 6.92 Å². The smallest absolute Gasteiger partial charge is 0.246 e. The van der Waals surface area contributed by atoms with Gasteiger partial charge in [-0.05, 0) is 37.1 Å². The van der Waals surface area contributed by atoms with Gasteiger partial charge in [-0.1, -0.05) is 24.2 Å². The first-order valence-electron chi connectivity index (χ1n) is 10.4. The summed E-state index contributed by atoms with van der Waals surface area (Å²) in [4.78, 5) is 23.0. The molecule has 0 bridgehead atoms. The van der Waals surface area contributed by atoms with Crippen molar-refractivity contribution in [3.63, 3.8) is 0 Å². The van der Waals surface area contributed by atoms with Gasteiger partial charge < -0.3 is 14.4 Å². The number of fused-ring (bicyclic) bond motifs is 1. The zero-order valence-corrected chi connectivity index (χ0v) is 21.6. The van der Waals surface area contributed by atoms with E-state index in [2.05, 4.69) is 34.4 Å². The molecule has 1 atom stereocenters. The molecular formula is C24H24ClIN4O3. The molecule has 0 spiro atoms. The van der Waals surface area contributed by atoms with E-state index >= 15 is 0 Å². The van der Waals surface area contributed by atoms with E-state index in [9.17, 15) is 4.79 Å². The summed E-state index contributed by atoms with van der Waals surface area (Å²) < 4.78 is 13.0. The summed E-state index contributed by atoms with van der Waals surface area (Å²) in [6, 6.07) is 7.91. The van der Waals surface area contributed by atoms with Gasteiger partial charge in [-0.3, -0.25) is 7.91 Å². The van der Waals surface area contributed by atoms with Crippen LogP contribution in [0.15, 0.2) is 43.1 Å². The Bertz CT molecular complexity index is 1210. The molecule has 0 N–H and O–H groups in total. The lowest BCUT2D eigenvalue weighted by molar-refractivity contribution is -0.125. The highest BCUT2D eigenvalue weighted by Crippen LogP contribution is 2.43. The van der Waals surface area contributed by atoms with Crippen molar-refractivity contribution < 1.29 is 14.3 Å². The summed E-state index contributed by atoms with van der Waals surface area (Å²) in [5.74, 6) is 1.84. The third-order valence-electron chi connectivity index (χ3n) is 5.90. The Morgan fingerprint density at radius 3 is 2.76 bits per heavy atom. The third-order valence-corrected chi connectivity index (χ3v) is 7.49. The summed E-state index contributed by atoms with van der Waals surface area (Å²) in [6.07, 6.45) is 4.03. The highest BCUT2D eigenvalue weighted by molar-refractivity contribution is 14.1. The van der Waals surface area contributed by atoms with Gasteiger partial charge in [0.25, 0.3) is 0 Å². The summed E-state index contributed by atoms with van der Waals surface area (Å²) in [5.41, 5.74) is 3.54. The normalized spacial score (nSPS) is 15.5. The number of hydrogen-bond acceptors (Lipinski definition) is 6. The topological polar surface area (TPSA) is 67.8 Å². The van der Waals surface area contributed by atoms with Gasteiger partial charge in [0.15, 0.2) is 0 Å². The molecule has 1 amide bonds. The van der Waals surface area contributed by atoms with Crippen molar-refractivity contribution in [3.05, 3.63) is 53.7 Å². The van der Waals surface area contributed by atoms with Crippen LogP contribution in [-0.2, 0) is 4.79 Å². The number of anilines is 1. The molecule has 1 aromatic heterocycles. The van der Waals surface area contributed by atoms with Crippen LogP contribution in [0.25, 0.3) is 22.0 Å². The molecule has 2 aromatic carbocycles. The van der Waals surface area contributed by atoms with E-state index in [-0.39, 0.29) is 11.9 Å². The molecular weight excluding hydrogens is 555 g/mol. The van der Waals surface area contributed by atoms with Gasteiger partial charge in [0.05, 0.1) is 53.7 Å². The molecule has 2 heterocycles. The Balaban J connectivity index is 1.66. The minimum atomic E-state index is -0.0441. The average molecular weight is 579 g/mol. The van der Waals surface area contributed by atoms with Crippen LogP contribution in [0.5, 0.6) is 11.5 Å². The second-order valence-corrected chi connectivity index (χ2v) is 9.20. The Morgan fingerprint density at radius 1 is 1.30 bits per heavy atom. The van der Waals surface area contributed by atoms with Crippen LogP contribution in [0.4, 0.5) is 5.95 Å². The number of halogens is 2. The zero-order chi connectivity index (χ0) is 23.7. The van der Waals surface area contributed by atoms with Crippen molar-refractivity contribution in [2.75, 3.05) is 30.4 Å². The molecule has 33 heavy (non-hydrogen) atoms. The molecule has 4 rings (SSSR count). The van der Waals surface area contributed by atoms with Crippen molar-refractivity contribution in [1.29, 1.82) is 0 Å². The maximum atomic E-state index is 11.9. The van der Waals surface area contributed by atoms with Gasteiger partial charge in [-0.15, -0.1) is 0 Å². The molecule has 1 aliphatic rings. The maximum absolute atomic E-state index is 11.9. The first-order chi connectivity index (χ1) is 15.9. The van der Waals surface area contributed by atoms with E-state index in [1.807, 2.05) is 34.4 Å². The molecule has 9 heteroatoms. The van der Waals surface area contributed by atoms with E-state index in [0.717, 1.165) is 34.0 Å². The van der Waals surface area contributed by atoms with Crippen molar-refractivity contribution in [3.8, 4) is 22.6 Å². The van der Waals surface area contributed by atoms with E-state index in [1.54, 1.807) is 25.2 Å². The molecule has 172 valence electrons. The molecule has 3 aromatic rings. The Labute approximate surface area is 211 Å². The standard InChI is InChI=1S/C24H24ClIN4O3/c1-5-21(31)29-9-8-17(13-29)30(26)24-27-12-16-10-15(6-7-18(16)28-24)22-14(2)19(32-3)11-20(33-4)23(22)25/h5-7,10-12,17H,1,8-9,13H2,2-4H3/t17-/m0/s1. The predicted molar refractivity (Wildman–Crippen MR) is 140 cm³/mol. The van der Waals surface area contributed by atoms with Gasteiger partial charge in [0.1, 0.15) is 11.5 Å².